The molecule has 1 aliphatic heterocycles. The van der Waals surface area contributed by atoms with Crippen molar-refractivity contribution in [1.82, 2.24) is 0 Å². The van der Waals surface area contributed by atoms with Crippen molar-refractivity contribution in [2.45, 2.75) is 26.2 Å². The van der Waals surface area contributed by atoms with E-state index in [1.165, 1.54) is 0 Å². The minimum absolute atomic E-state index is 0.160. The minimum Gasteiger partial charge on any atom is -0.457 e. The summed E-state index contributed by atoms with van der Waals surface area (Å²) in [6, 6.07) is 22.2. The van der Waals surface area contributed by atoms with Crippen LogP contribution in [0.4, 0.5) is 11.4 Å². The Kier molecular flexibility index (Phi) is 5.80. The molecule has 5 heteroatoms. The fraction of sp³-hybridized carbons (Fsp3) is 0.200. The van der Waals surface area contributed by atoms with E-state index < -0.39 is 0 Å². The van der Waals surface area contributed by atoms with E-state index in [0.29, 0.717) is 29.2 Å². The van der Waals surface area contributed by atoms with Crippen LogP contribution in [0.2, 0.25) is 0 Å². The van der Waals surface area contributed by atoms with E-state index in [1.54, 1.807) is 12.1 Å². The molecule has 0 atom stereocenters. The minimum atomic E-state index is -0.247. The number of hydrogen-bond donors (Lipinski definition) is 1. The molecule has 0 aliphatic carbocycles. The smallest absolute Gasteiger partial charge is 0.259 e. The van der Waals surface area contributed by atoms with Crippen molar-refractivity contribution in [1.29, 1.82) is 0 Å². The van der Waals surface area contributed by atoms with Crippen LogP contribution >= 0.6 is 0 Å². The van der Waals surface area contributed by atoms with Crippen molar-refractivity contribution in [2.24, 2.45) is 0 Å². The first kappa shape index (κ1) is 19.7. The van der Waals surface area contributed by atoms with Crippen LogP contribution in [0.3, 0.4) is 0 Å². The molecule has 30 heavy (non-hydrogen) atoms. The fourth-order valence-corrected chi connectivity index (χ4v) is 3.65. The summed E-state index contributed by atoms with van der Waals surface area (Å²) in [6.07, 6.45) is 2.56. The number of aryl methyl sites for hydroxylation is 1. The van der Waals surface area contributed by atoms with E-state index >= 15 is 0 Å². The highest BCUT2D eigenvalue weighted by atomic mass is 16.5. The van der Waals surface area contributed by atoms with Crippen LogP contribution in [-0.4, -0.2) is 18.4 Å². The first-order valence-electron chi connectivity index (χ1n) is 10.2. The largest absolute Gasteiger partial charge is 0.457 e. The van der Waals surface area contributed by atoms with E-state index in [2.05, 4.69) is 5.32 Å². The number of rotatable bonds is 5. The van der Waals surface area contributed by atoms with Gasteiger partial charge in [-0.1, -0.05) is 30.3 Å². The highest BCUT2D eigenvalue weighted by Crippen LogP contribution is 2.29. The number of benzene rings is 3. The van der Waals surface area contributed by atoms with Crippen LogP contribution < -0.4 is 15.0 Å². The number of nitrogens with one attached hydrogen (secondary N) is 1. The van der Waals surface area contributed by atoms with Gasteiger partial charge in [0.1, 0.15) is 11.5 Å². The Labute approximate surface area is 176 Å². The van der Waals surface area contributed by atoms with Gasteiger partial charge in [0.05, 0.1) is 5.56 Å². The van der Waals surface area contributed by atoms with Crippen molar-refractivity contribution >= 4 is 23.2 Å². The van der Waals surface area contributed by atoms with Gasteiger partial charge in [-0.05, 0) is 67.8 Å². The maximum atomic E-state index is 12.9. The van der Waals surface area contributed by atoms with Gasteiger partial charge < -0.3 is 15.0 Å². The molecule has 0 aromatic heterocycles. The van der Waals surface area contributed by atoms with Crippen LogP contribution in [0.5, 0.6) is 11.5 Å². The van der Waals surface area contributed by atoms with Crippen molar-refractivity contribution in [3.05, 3.63) is 83.9 Å². The lowest BCUT2D eigenvalue weighted by Gasteiger charge is -2.28. The summed E-state index contributed by atoms with van der Waals surface area (Å²) in [5.74, 6) is 1.08. The van der Waals surface area contributed by atoms with Gasteiger partial charge in [0.15, 0.2) is 0 Å². The van der Waals surface area contributed by atoms with Gasteiger partial charge in [-0.2, -0.15) is 0 Å². The van der Waals surface area contributed by atoms with Crippen LogP contribution in [-0.2, 0) is 4.79 Å². The molecule has 3 aromatic carbocycles. The molecule has 0 unspecified atom stereocenters. The molecule has 0 bridgehead atoms. The molecule has 1 N–H and O–H groups in total. The van der Waals surface area contributed by atoms with Gasteiger partial charge in [-0.25, -0.2) is 0 Å². The summed E-state index contributed by atoms with van der Waals surface area (Å²) >= 11 is 0. The third kappa shape index (κ3) is 4.35. The first-order chi connectivity index (χ1) is 14.6. The summed E-state index contributed by atoms with van der Waals surface area (Å²) in [6.45, 7) is 2.70. The quantitative estimate of drug-likeness (QED) is 0.610. The monoisotopic (exact) mass is 400 g/mol. The summed E-state index contributed by atoms with van der Waals surface area (Å²) in [7, 11) is 0. The van der Waals surface area contributed by atoms with E-state index in [-0.39, 0.29) is 11.8 Å². The molecule has 1 aliphatic rings. The molecule has 0 spiro atoms. The third-order valence-electron chi connectivity index (χ3n) is 5.17. The van der Waals surface area contributed by atoms with Crippen LogP contribution in [0.25, 0.3) is 0 Å². The number of amides is 2. The van der Waals surface area contributed by atoms with Gasteiger partial charge in [-0.15, -0.1) is 0 Å². The predicted molar refractivity (Wildman–Crippen MR) is 118 cm³/mol. The van der Waals surface area contributed by atoms with E-state index in [1.807, 2.05) is 72.5 Å². The Morgan fingerprint density at radius 1 is 0.967 bits per heavy atom. The normalized spacial score (nSPS) is 13.8. The van der Waals surface area contributed by atoms with E-state index in [9.17, 15) is 9.59 Å². The van der Waals surface area contributed by atoms with Gasteiger partial charge in [0, 0.05) is 24.3 Å². The zero-order valence-corrected chi connectivity index (χ0v) is 16.9. The average molecular weight is 400 g/mol. The molecular weight excluding hydrogens is 376 g/mol. The highest BCUT2D eigenvalue weighted by Gasteiger charge is 2.21. The van der Waals surface area contributed by atoms with Gasteiger partial charge >= 0.3 is 0 Å². The number of piperidine rings is 1. The summed E-state index contributed by atoms with van der Waals surface area (Å²) in [5.41, 5.74) is 3.00. The molecular formula is C25H24N2O3. The number of nitrogens with zero attached hydrogens (tertiary/aromatic N) is 1. The maximum absolute atomic E-state index is 12.9. The van der Waals surface area contributed by atoms with E-state index in [4.69, 9.17) is 4.74 Å². The Morgan fingerprint density at radius 2 is 1.73 bits per heavy atom. The van der Waals surface area contributed by atoms with Gasteiger partial charge in [-0.3, -0.25) is 9.59 Å². The predicted octanol–water partition coefficient (Wildman–Crippen LogP) is 5.56. The lowest BCUT2D eigenvalue weighted by atomic mass is 10.1. The maximum Gasteiger partial charge on any atom is 0.259 e. The Morgan fingerprint density at radius 3 is 2.50 bits per heavy atom. The summed E-state index contributed by atoms with van der Waals surface area (Å²) in [4.78, 5) is 27.0. The van der Waals surface area contributed by atoms with Crippen LogP contribution in [0.1, 0.15) is 35.2 Å². The number of carbonyl (C=O) groups is 2. The third-order valence-corrected chi connectivity index (χ3v) is 5.17. The molecule has 0 radical (unpaired) electrons. The molecule has 1 heterocycles. The Bertz CT molecular complexity index is 1060. The topological polar surface area (TPSA) is 58.6 Å². The molecule has 1 fully saturated rings. The first-order valence-corrected chi connectivity index (χ1v) is 10.2. The SMILES string of the molecule is Cc1cc(NC(=O)c2ccccc2Oc2ccccc2)ccc1N1CCCCC1=O. The molecule has 1 saturated heterocycles. The van der Waals surface area contributed by atoms with Gasteiger partial charge in [0.2, 0.25) is 5.91 Å². The van der Waals surface area contributed by atoms with Crippen LogP contribution in [0, 0.1) is 6.92 Å². The lowest BCUT2D eigenvalue weighted by molar-refractivity contribution is -0.119. The Balaban J connectivity index is 1.52. The number of anilines is 2. The molecule has 3 aromatic rings. The molecule has 152 valence electrons. The van der Waals surface area contributed by atoms with E-state index in [0.717, 1.165) is 30.6 Å². The fourth-order valence-electron chi connectivity index (χ4n) is 3.65. The summed E-state index contributed by atoms with van der Waals surface area (Å²) in [5, 5.41) is 2.94. The standard InChI is InChI=1S/C25H24N2O3/c1-18-17-19(14-15-22(18)27-16-8-7-13-24(27)28)26-25(29)21-11-5-6-12-23(21)30-20-9-3-2-4-10-20/h2-6,9-12,14-15,17H,7-8,13,16H2,1H3,(H,26,29). The zero-order chi connectivity index (χ0) is 20.9. The molecule has 5 nitrogen and oxygen atoms in total. The van der Waals surface area contributed by atoms with Crippen molar-refractivity contribution in [2.75, 3.05) is 16.8 Å². The number of para-hydroxylation sites is 2. The second kappa shape index (κ2) is 8.82. The highest BCUT2D eigenvalue weighted by molar-refractivity contribution is 6.06. The Hall–Kier alpha value is -3.60. The summed E-state index contributed by atoms with van der Waals surface area (Å²) < 4.78 is 5.90. The number of carbonyl (C=O) groups excluding carboxylic acids is 2. The molecule has 4 rings (SSSR count). The average Bonchev–Trinajstić information content (AvgIpc) is 2.76. The van der Waals surface area contributed by atoms with Crippen molar-refractivity contribution in [3.8, 4) is 11.5 Å². The van der Waals surface area contributed by atoms with Crippen molar-refractivity contribution < 1.29 is 14.3 Å². The number of ether oxygens (including phenoxy) is 1. The van der Waals surface area contributed by atoms with Crippen molar-refractivity contribution in [3.63, 3.8) is 0 Å². The molecule has 0 saturated carbocycles. The number of hydrogen-bond acceptors (Lipinski definition) is 3. The van der Waals surface area contributed by atoms with Gasteiger partial charge in [0.25, 0.3) is 5.91 Å². The molecule has 2 amide bonds. The lowest BCUT2D eigenvalue weighted by Crippen LogP contribution is -2.35. The van der Waals surface area contributed by atoms with Crippen LogP contribution in [0.15, 0.2) is 72.8 Å². The zero-order valence-electron chi connectivity index (χ0n) is 16.9. The second-order valence-corrected chi connectivity index (χ2v) is 7.37. The second-order valence-electron chi connectivity index (χ2n) is 7.37.